The second-order valence-corrected chi connectivity index (χ2v) is 6.91. The first-order valence-corrected chi connectivity index (χ1v) is 8.58. The van der Waals surface area contributed by atoms with Gasteiger partial charge in [0, 0.05) is 24.4 Å². The molecule has 2 aromatic carbocycles. The summed E-state index contributed by atoms with van der Waals surface area (Å²) < 4.78 is 25.7. The van der Waals surface area contributed by atoms with Crippen molar-refractivity contribution in [1.29, 1.82) is 0 Å². The van der Waals surface area contributed by atoms with Gasteiger partial charge in [0.1, 0.15) is 5.69 Å². The number of anilines is 3. The van der Waals surface area contributed by atoms with E-state index in [1.807, 2.05) is 0 Å². The van der Waals surface area contributed by atoms with Crippen LogP contribution in [0, 0.1) is 10.1 Å². The van der Waals surface area contributed by atoms with Gasteiger partial charge in [-0.3, -0.25) is 14.9 Å². The van der Waals surface area contributed by atoms with Crippen LogP contribution in [0.2, 0.25) is 0 Å². The number of carbonyl (C=O) groups is 1. The molecule has 0 aliphatic carbocycles. The van der Waals surface area contributed by atoms with Gasteiger partial charge in [0.2, 0.25) is 15.9 Å². The lowest BCUT2D eigenvalue weighted by Crippen LogP contribution is -2.18. The summed E-state index contributed by atoms with van der Waals surface area (Å²) in [7, 11) is -2.56. The first-order chi connectivity index (χ1) is 11.7. The highest BCUT2D eigenvalue weighted by atomic mass is 32.2. The van der Waals surface area contributed by atoms with Crippen LogP contribution in [0.3, 0.4) is 0 Å². The molecule has 25 heavy (non-hydrogen) atoms. The van der Waals surface area contributed by atoms with E-state index in [-0.39, 0.29) is 22.2 Å². The normalized spacial score (nSPS) is 11.0. The first kappa shape index (κ1) is 18.4. The van der Waals surface area contributed by atoms with Gasteiger partial charge in [0.25, 0.3) is 5.69 Å². The summed E-state index contributed by atoms with van der Waals surface area (Å²) in [5, 5.41) is 16.7. The fraction of sp³-hybridized carbons (Fsp3) is 0.133. The summed E-state index contributed by atoms with van der Waals surface area (Å²) >= 11 is 0. The topological polar surface area (TPSA) is 130 Å². The Morgan fingerprint density at radius 3 is 2.20 bits per heavy atom. The lowest BCUT2D eigenvalue weighted by atomic mass is 10.2. The molecule has 0 aliphatic heterocycles. The molecular weight excluding hydrogens is 348 g/mol. The van der Waals surface area contributed by atoms with Gasteiger partial charge < -0.3 is 10.6 Å². The third-order valence-corrected chi connectivity index (χ3v) is 4.64. The van der Waals surface area contributed by atoms with Gasteiger partial charge in [-0.2, -0.15) is 0 Å². The van der Waals surface area contributed by atoms with Crippen LogP contribution in [0.15, 0.2) is 47.4 Å². The molecule has 0 aliphatic rings. The third-order valence-electron chi connectivity index (χ3n) is 3.23. The van der Waals surface area contributed by atoms with Crippen LogP contribution in [0.1, 0.15) is 6.92 Å². The Bertz CT molecular complexity index is 910. The molecule has 0 atom stereocenters. The van der Waals surface area contributed by atoms with E-state index in [9.17, 15) is 23.3 Å². The Morgan fingerprint density at radius 2 is 1.68 bits per heavy atom. The Balaban J connectivity index is 2.33. The molecular formula is C15H16N4O5S. The van der Waals surface area contributed by atoms with Crippen LogP contribution in [0.5, 0.6) is 0 Å². The zero-order chi connectivity index (χ0) is 18.6. The minimum Gasteiger partial charge on any atom is -0.350 e. The Kier molecular flexibility index (Phi) is 5.35. The fourth-order valence-corrected chi connectivity index (χ4v) is 2.80. The van der Waals surface area contributed by atoms with Crippen molar-refractivity contribution in [3.8, 4) is 0 Å². The van der Waals surface area contributed by atoms with Crippen LogP contribution >= 0.6 is 0 Å². The molecule has 3 N–H and O–H groups in total. The average Bonchev–Trinajstić information content (AvgIpc) is 2.56. The highest BCUT2D eigenvalue weighted by Gasteiger charge is 2.20. The van der Waals surface area contributed by atoms with E-state index in [0.717, 1.165) is 6.07 Å². The standard InChI is InChI=1S/C15H16N4O5S/c1-10(20)17-11-3-5-12(6-4-11)18-14-8-7-13(25(23,24)16-2)9-15(14)19(21)22/h3-9,16,18H,1-2H3,(H,17,20). The Labute approximate surface area is 144 Å². The molecule has 0 saturated carbocycles. The van der Waals surface area contributed by atoms with Gasteiger partial charge in [-0.05, 0) is 43.4 Å². The number of hydrogen-bond acceptors (Lipinski definition) is 6. The van der Waals surface area contributed by atoms with Gasteiger partial charge in [0.15, 0.2) is 0 Å². The van der Waals surface area contributed by atoms with Crippen molar-refractivity contribution in [2.75, 3.05) is 17.7 Å². The number of amides is 1. The second-order valence-electron chi connectivity index (χ2n) is 5.03. The van der Waals surface area contributed by atoms with Gasteiger partial charge in [0.05, 0.1) is 9.82 Å². The van der Waals surface area contributed by atoms with E-state index in [2.05, 4.69) is 15.4 Å². The molecule has 132 valence electrons. The van der Waals surface area contributed by atoms with Gasteiger partial charge >= 0.3 is 0 Å². The molecule has 0 spiro atoms. The molecule has 0 radical (unpaired) electrons. The van der Waals surface area contributed by atoms with Crippen LogP contribution in [-0.2, 0) is 14.8 Å². The van der Waals surface area contributed by atoms with Crippen LogP contribution < -0.4 is 15.4 Å². The number of rotatable bonds is 6. The van der Waals surface area contributed by atoms with Crippen molar-refractivity contribution < 1.29 is 18.1 Å². The van der Waals surface area contributed by atoms with Crippen molar-refractivity contribution in [3.05, 3.63) is 52.6 Å². The van der Waals surface area contributed by atoms with Crippen molar-refractivity contribution in [2.24, 2.45) is 0 Å². The molecule has 0 saturated heterocycles. The van der Waals surface area contributed by atoms with E-state index in [0.29, 0.717) is 11.4 Å². The predicted molar refractivity (Wildman–Crippen MR) is 93.4 cm³/mol. The highest BCUT2D eigenvalue weighted by molar-refractivity contribution is 7.89. The maximum Gasteiger partial charge on any atom is 0.294 e. The predicted octanol–water partition coefficient (Wildman–Crippen LogP) is 2.20. The Hall–Kier alpha value is -2.98. The molecule has 0 bridgehead atoms. The maximum absolute atomic E-state index is 11.8. The summed E-state index contributed by atoms with van der Waals surface area (Å²) in [6.07, 6.45) is 0. The van der Waals surface area contributed by atoms with Gasteiger partial charge in [-0.1, -0.05) is 0 Å². The lowest BCUT2D eigenvalue weighted by molar-refractivity contribution is -0.384. The van der Waals surface area contributed by atoms with Crippen LogP contribution in [0.25, 0.3) is 0 Å². The van der Waals surface area contributed by atoms with Gasteiger partial charge in [-0.15, -0.1) is 0 Å². The Morgan fingerprint density at radius 1 is 1.08 bits per heavy atom. The molecule has 2 aromatic rings. The number of nitro groups is 1. The summed E-state index contributed by atoms with van der Waals surface area (Å²) in [6, 6.07) is 10.1. The number of sulfonamides is 1. The molecule has 1 amide bonds. The van der Waals surface area contributed by atoms with Crippen molar-refractivity contribution in [2.45, 2.75) is 11.8 Å². The van der Waals surface area contributed by atoms with E-state index >= 15 is 0 Å². The zero-order valence-corrected chi connectivity index (χ0v) is 14.3. The second kappa shape index (κ2) is 7.28. The molecule has 0 unspecified atom stereocenters. The number of nitrogens with one attached hydrogen (secondary N) is 3. The molecule has 0 heterocycles. The number of nitrogens with zero attached hydrogens (tertiary/aromatic N) is 1. The first-order valence-electron chi connectivity index (χ1n) is 7.09. The summed E-state index contributed by atoms with van der Waals surface area (Å²) in [5.41, 5.74) is 0.902. The maximum atomic E-state index is 11.8. The average molecular weight is 364 g/mol. The molecule has 0 aromatic heterocycles. The smallest absolute Gasteiger partial charge is 0.294 e. The summed E-state index contributed by atoms with van der Waals surface area (Å²) in [6.45, 7) is 1.39. The fourth-order valence-electron chi connectivity index (χ4n) is 2.05. The number of hydrogen-bond donors (Lipinski definition) is 3. The monoisotopic (exact) mass is 364 g/mol. The quantitative estimate of drug-likeness (QED) is 0.532. The van der Waals surface area contributed by atoms with E-state index < -0.39 is 14.9 Å². The minimum absolute atomic E-state index is 0.146. The highest BCUT2D eigenvalue weighted by Crippen LogP contribution is 2.30. The van der Waals surface area contributed by atoms with Crippen LogP contribution in [0.4, 0.5) is 22.7 Å². The minimum atomic E-state index is -3.78. The SMILES string of the molecule is CNS(=O)(=O)c1ccc(Nc2ccc(NC(C)=O)cc2)c([N+](=O)[O-])c1. The van der Waals surface area contributed by atoms with Crippen molar-refractivity contribution >= 4 is 38.7 Å². The largest absolute Gasteiger partial charge is 0.350 e. The lowest BCUT2D eigenvalue weighted by Gasteiger charge is -2.10. The number of benzene rings is 2. The number of carbonyl (C=O) groups excluding carboxylic acids is 1. The number of nitro benzene ring substituents is 1. The molecule has 0 fully saturated rings. The summed E-state index contributed by atoms with van der Waals surface area (Å²) in [5.74, 6) is -0.210. The van der Waals surface area contributed by atoms with Gasteiger partial charge in [-0.25, -0.2) is 13.1 Å². The molecule has 9 nitrogen and oxygen atoms in total. The van der Waals surface area contributed by atoms with E-state index in [4.69, 9.17) is 0 Å². The summed E-state index contributed by atoms with van der Waals surface area (Å²) in [4.78, 5) is 21.4. The van der Waals surface area contributed by atoms with E-state index in [1.165, 1.54) is 26.1 Å². The molecule has 2 rings (SSSR count). The zero-order valence-electron chi connectivity index (χ0n) is 13.4. The van der Waals surface area contributed by atoms with Crippen LogP contribution in [-0.4, -0.2) is 26.3 Å². The van der Waals surface area contributed by atoms with Crippen molar-refractivity contribution in [3.63, 3.8) is 0 Å². The van der Waals surface area contributed by atoms with E-state index in [1.54, 1.807) is 24.3 Å². The third kappa shape index (κ3) is 4.52. The van der Waals surface area contributed by atoms with Crippen molar-refractivity contribution in [1.82, 2.24) is 4.72 Å². The molecule has 10 heteroatoms.